The molecule has 1 atom stereocenters. The number of amides is 1. The van der Waals surface area contributed by atoms with Crippen LogP contribution in [0.15, 0.2) is 29.2 Å². The van der Waals surface area contributed by atoms with E-state index in [-0.39, 0.29) is 12.5 Å². The zero-order chi connectivity index (χ0) is 14.3. The summed E-state index contributed by atoms with van der Waals surface area (Å²) < 4.78 is 0. The van der Waals surface area contributed by atoms with Crippen LogP contribution in [0.4, 0.5) is 0 Å². The minimum atomic E-state index is -0.522. The third-order valence-corrected chi connectivity index (χ3v) is 4.51. The fourth-order valence-corrected chi connectivity index (χ4v) is 2.64. The van der Waals surface area contributed by atoms with E-state index in [1.807, 2.05) is 38.1 Å². The normalized spacial score (nSPS) is 13.9. The maximum atomic E-state index is 11.8. The maximum absolute atomic E-state index is 11.8. The quantitative estimate of drug-likeness (QED) is 0.761. The van der Waals surface area contributed by atoms with E-state index in [1.165, 1.54) is 0 Å². The van der Waals surface area contributed by atoms with Crippen LogP contribution in [0, 0.1) is 0 Å². The van der Waals surface area contributed by atoms with Gasteiger partial charge in [-0.1, -0.05) is 30.7 Å². The van der Waals surface area contributed by atoms with Gasteiger partial charge in [0, 0.05) is 17.1 Å². The summed E-state index contributed by atoms with van der Waals surface area (Å²) in [6.07, 6.45) is 1.11. The van der Waals surface area contributed by atoms with Crippen LogP contribution in [0.25, 0.3) is 0 Å². The first-order chi connectivity index (χ1) is 9.00. The van der Waals surface area contributed by atoms with Crippen LogP contribution in [-0.4, -0.2) is 28.9 Å². The molecule has 5 heteroatoms. The van der Waals surface area contributed by atoms with Crippen LogP contribution in [0.3, 0.4) is 0 Å². The van der Waals surface area contributed by atoms with Crippen molar-refractivity contribution in [3.05, 3.63) is 29.3 Å². The molecule has 0 aliphatic heterocycles. The third-order valence-electron chi connectivity index (χ3n) is 2.99. The molecule has 0 spiro atoms. The second kappa shape index (κ2) is 7.78. The van der Waals surface area contributed by atoms with Crippen LogP contribution < -0.4 is 5.32 Å². The van der Waals surface area contributed by atoms with Crippen LogP contribution >= 0.6 is 23.4 Å². The first kappa shape index (κ1) is 16.3. The molecule has 1 unspecified atom stereocenters. The molecule has 19 heavy (non-hydrogen) atoms. The Morgan fingerprint density at radius 1 is 1.47 bits per heavy atom. The number of thioether (sulfide) groups is 1. The second-order valence-electron chi connectivity index (χ2n) is 4.65. The topological polar surface area (TPSA) is 49.3 Å². The molecule has 1 rings (SSSR count). The molecule has 1 amide bonds. The van der Waals surface area contributed by atoms with Gasteiger partial charge in [-0.2, -0.15) is 0 Å². The molecule has 0 saturated carbocycles. The van der Waals surface area contributed by atoms with Crippen molar-refractivity contribution in [2.75, 3.05) is 12.4 Å². The van der Waals surface area contributed by atoms with E-state index in [1.54, 1.807) is 11.8 Å². The highest BCUT2D eigenvalue weighted by Crippen LogP contribution is 2.26. The lowest BCUT2D eigenvalue weighted by Crippen LogP contribution is -2.48. The lowest BCUT2D eigenvalue weighted by atomic mass is 10.0. The zero-order valence-electron chi connectivity index (χ0n) is 11.3. The van der Waals surface area contributed by atoms with Gasteiger partial charge in [-0.25, -0.2) is 0 Å². The molecule has 2 N–H and O–H groups in total. The van der Waals surface area contributed by atoms with Crippen molar-refractivity contribution < 1.29 is 9.90 Å². The van der Waals surface area contributed by atoms with Crippen molar-refractivity contribution in [1.82, 2.24) is 5.32 Å². The van der Waals surface area contributed by atoms with E-state index in [0.29, 0.717) is 23.6 Å². The molecule has 0 aromatic heterocycles. The second-order valence-corrected chi connectivity index (χ2v) is 6.19. The van der Waals surface area contributed by atoms with E-state index in [0.717, 1.165) is 4.90 Å². The number of rotatable bonds is 7. The van der Waals surface area contributed by atoms with Crippen LogP contribution in [0.5, 0.6) is 0 Å². The van der Waals surface area contributed by atoms with E-state index < -0.39 is 5.54 Å². The molecule has 0 aliphatic rings. The SMILES string of the molecule is CCC(C)(CO)NC(=O)CCSc1ccccc1Cl. The highest BCUT2D eigenvalue weighted by atomic mass is 35.5. The summed E-state index contributed by atoms with van der Waals surface area (Å²) in [5, 5.41) is 12.8. The number of hydrogen-bond acceptors (Lipinski definition) is 3. The summed E-state index contributed by atoms with van der Waals surface area (Å²) in [6.45, 7) is 3.73. The number of carbonyl (C=O) groups excluding carboxylic acids is 1. The van der Waals surface area contributed by atoms with E-state index in [9.17, 15) is 9.90 Å². The molecule has 0 bridgehead atoms. The molecule has 0 fully saturated rings. The molecule has 0 saturated heterocycles. The van der Waals surface area contributed by atoms with Gasteiger partial charge >= 0.3 is 0 Å². The smallest absolute Gasteiger partial charge is 0.221 e. The average molecular weight is 302 g/mol. The van der Waals surface area contributed by atoms with Gasteiger partial charge in [-0.3, -0.25) is 4.79 Å². The van der Waals surface area contributed by atoms with Crippen molar-refractivity contribution in [2.45, 2.75) is 37.1 Å². The number of hydrogen-bond donors (Lipinski definition) is 2. The number of nitrogens with one attached hydrogen (secondary N) is 1. The largest absolute Gasteiger partial charge is 0.394 e. The molecule has 1 aromatic rings. The van der Waals surface area contributed by atoms with Gasteiger partial charge in [-0.05, 0) is 25.5 Å². The summed E-state index contributed by atoms with van der Waals surface area (Å²) in [4.78, 5) is 12.8. The minimum Gasteiger partial charge on any atom is -0.394 e. The highest BCUT2D eigenvalue weighted by Gasteiger charge is 2.22. The van der Waals surface area contributed by atoms with Gasteiger partial charge in [0.25, 0.3) is 0 Å². The van der Waals surface area contributed by atoms with Crippen LogP contribution in [0.1, 0.15) is 26.7 Å². The molecular weight excluding hydrogens is 282 g/mol. The van der Waals surface area contributed by atoms with Crippen molar-refractivity contribution in [2.24, 2.45) is 0 Å². The number of halogens is 1. The van der Waals surface area contributed by atoms with Crippen molar-refractivity contribution >= 4 is 29.3 Å². The Balaban J connectivity index is 2.37. The highest BCUT2D eigenvalue weighted by molar-refractivity contribution is 7.99. The molecule has 3 nitrogen and oxygen atoms in total. The maximum Gasteiger partial charge on any atom is 0.221 e. The monoisotopic (exact) mass is 301 g/mol. The molecule has 0 heterocycles. The lowest BCUT2D eigenvalue weighted by Gasteiger charge is -2.27. The Kier molecular flexibility index (Phi) is 6.69. The number of aliphatic hydroxyl groups excluding tert-OH is 1. The number of carbonyl (C=O) groups is 1. The standard InChI is InChI=1S/C14H20ClNO2S/c1-3-14(2,10-17)16-13(18)8-9-19-12-7-5-4-6-11(12)15/h4-7,17H,3,8-10H2,1-2H3,(H,16,18). The molecule has 106 valence electrons. The Hall–Kier alpha value is -0.710. The van der Waals surface area contributed by atoms with E-state index in [2.05, 4.69) is 5.32 Å². The van der Waals surface area contributed by atoms with Crippen molar-refractivity contribution in [1.29, 1.82) is 0 Å². The third kappa shape index (κ3) is 5.43. The average Bonchev–Trinajstić information content (AvgIpc) is 2.41. The summed E-state index contributed by atoms with van der Waals surface area (Å²) in [5.41, 5.74) is -0.522. The molecular formula is C14H20ClNO2S. The minimum absolute atomic E-state index is 0.0436. The number of aliphatic hydroxyl groups is 1. The van der Waals surface area contributed by atoms with E-state index in [4.69, 9.17) is 11.6 Å². The van der Waals surface area contributed by atoms with Crippen molar-refractivity contribution in [3.8, 4) is 0 Å². The van der Waals surface area contributed by atoms with Gasteiger partial charge < -0.3 is 10.4 Å². The molecule has 0 aliphatic carbocycles. The summed E-state index contributed by atoms with van der Waals surface area (Å²) in [6, 6.07) is 7.58. The Morgan fingerprint density at radius 2 is 2.16 bits per heavy atom. The first-order valence-electron chi connectivity index (χ1n) is 6.30. The summed E-state index contributed by atoms with van der Waals surface area (Å²) >= 11 is 7.60. The number of benzene rings is 1. The lowest BCUT2D eigenvalue weighted by molar-refractivity contribution is -0.123. The predicted molar refractivity (Wildman–Crippen MR) is 80.7 cm³/mol. The fourth-order valence-electron chi connectivity index (χ4n) is 1.45. The van der Waals surface area contributed by atoms with Gasteiger partial charge in [0.15, 0.2) is 0 Å². The van der Waals surface area contributed by atoms with Gasteiger partial charge in [0.2, 0.25) is 5.91 Å². The van der Waals surface area contributed by atoms with Crippen LogP contribution in [0.2, 0.25) is 5.02 Å². The van der Waals surface area contributed by atoms with E-state index >= 15 is 0 Å². The Bertz CT molecular complexity index is 422. The predicted octanol–water partition coefficient (Wildman–Crippen LogP) is 3.10. The van der Waals surface area contributed by atoms with Crippen LogP contribution in [-0.2, 0) is 4.79 Å². The zero-order valence-corrected chi connectivity index (χ0v) is 12.9. The fraction of sp³-hybridized carbons (Fsp3) is 0.500. The van der Waals surface area contributed by atoms with Crippen molar-refractivity contribution in [3.63, 3.8) is 0 Å². The van der Waals surface area contributed by atoms with Gasteiger partial charge in [-0.15, -0.1) is 11.8 Å². The van der Waals surface area contributed by atoms with Gasteiger partial charge in [0.05, 0.1) is 17.2 Å². The Morgan fingerprint density at radius 3 is 2.74 bits per heavy atom. The summed E-state index contributed by atoms with van der Waals surface area (Å²) in [5.74, 6) is 0.624. The molecule has 0 radical (unpaired) electrons. The Labute approximate surface area is 123 Å². The first-order valence-corrected chi connectivity index (χ1v) is 7.66. The van der Waals surface area contributed by atoms with Gasteiger partial charge in [0.1, 0.15) is 0 Å². The molecule has 1 aromatic carbocycles. The summed E-state index contributed by atoms with van der Waals surface area (Å²) in [7, 11) is 0.